The quantitative estimate of drug-likeness (QED) is 0.315. The minimum absolute atomic E-state index is 0.181. The van der Waals surface area contributed by atoms with E-state index in [9.17, 15) is 0 Å². The second-order valence-electron chi connectivity index (χ2n) is 7.64. The summed E-state index contributed by atoms with van der Waals surface area (Å²) >= 11 is 18.2. The first-order chi connectivity index (χ1) is 15.5. The fraction of sp³-hybridized carbons (Fsp3) is 0.120. The lowest BCUT2D eigenvalue weighted by atomic mass is 10.0. The molecule has 3 heterocycles. The summed E-state index contributed by atoms with van der Waals surface area (Å²) in [5.74, 6) is 1.52. The van der Waals surface area contributed by atoms with Gasteiger partial charge in [0.05, 0.1) is 11.7 Å². The zero-order valence-corrected chi connectivity index (χ0v) is 19.5. The van der Waals surface area contributed by atoms with Gasteiger partial charge >= 0.3 is 0 Å². The zero-order chi connectivity index (χ0) is 22.2. The van der Waals surface area contributed by atoms with Crippen LogP contribution in [0.25, 0.3) is 11.3 Å². The minimum Gasteiger partial charge on any atom is -0.459 e. The Kier molecular flexibility index (Phi) is 5.64. The van der Waals surface area contributed by atoms with Gasteiger partial charge in [0.2, 0.25) is 0 Å². The summed E-state index contributed by atoms with van der Waals surface area (Å²) in [7, 11) is 0. The van der Waals surface area contributed by atoms with Crippen LogP contribution in [0.1, 0.15) is 29.1 Å². The van der Waals surface area contributed by atoms with Gasteiger partial charge in [0.25, 0.3) is 0 Å². The van der Waals surface area contributed by atoms with Crippen molar-refractivity contribution in [2.24, 2.45) is 0 Å². The topological polar surface area (TPSA) is 41.3 Å². The van der Waals surface area contributed by atoms with Crippen molar-refractivity contribution in [3.8, 4) is 11.3 Å². The van der Waals surface area contributed by atoms with Crippen LogP contribution in [-0.4, -0.2) is 10.1 Å². The SMILES string of the molecule is Cc1ccc(-c2ccc([C@H]3[C@H](c4ccccn4)NC(=S)N3c3ccc(Cl)cc3)o2)cc1Cl. The average molecular weight is 480 g/mol. The van der Waals surface area contributed by atoms with E-state index in [-0.39, 0.29) is 12.1 Å². The van der Waals surface area contributed by atoms with E-state index >= 15 is 0 Å². The monoisotopic (exact) mass is 479 g/mol. The van der Waals surface area contributed by atoms with E-state index in [2.05, 4.69) is 15.2 Å². The van der Waals surface area contributed by atoms with Crippen molar-refractivity contribution < 1.29 is 4.42 Å². The maximum Gasteiger partial charge on any atom is 0.174 e. The largest absolute Gasteiger partial charge is 0.459 e. The van der Waals surface area contributed by atoms with Crippen molar-refractivity contribution in [1.29, 1.82) is 0 Å². The Labute approximate surface area is 201 Å². The molecule has 1 fully saturated rings. The molecule has 2 atom stereocenters. The lowest BCUT2D eigenvalue weighted by molar-refractivity contribution is 0.439. The Balaban J connectivity index is 1.59. The van der Waals surface area contributed by atoms with Crippen molar-refractivity contribution >= 4 is 46.2 Å². The molecule has 2 aromatic carbocycles. The van der Waals surface area contributed by atoms with Gasteiger partial charge in [-0.1, -0.05) is 41.4 Å². The Morgan fingerprint density at radius 1 is 1.00 bits per heavy atom. The molecule has 160 valence electrons. The number of rotatable bonds is 4. The van der Waals surface area contributed by atoms with Gasteiger partial charge < -0.3 is 14.6 Å². The number of nitrogens with one attached hydrogen (secondary N) is 1. The van der Waals surface area contributed by atoms with Gasteiger partial charge in [0.1, 0.15) is 17.6 Å². The number of aromatic nitrogens is 1. The van der Waals surface area contributed by atoms with Crippen LogP contribution in [0.5, 0.6) is 0 Å². The maximum atomic E-state index is 6.37. The summed E-state index contributed by atoms with van der Waals surface area (Å²) < 4.78 is 6.37. The molecular weight excluding hydrogens is 461 g/mol. The molecule has 4 aromatic rings. The number of nitrogens with zero attached hydrogens (tertiary/aromatic N) is 2. The number of thiocarbonyl (C=S) groups is 1. The summed E-state index contributed by atoms with van der Waals surface area (Å²) in [6, 6.07) is 22.9. The molecule has 1 aliphatic heterocycles. The second kappa shape index (κ2) is 8.58. The Morgan fingerprint density at radius 2 is 1.81 bits per heavy atom. The van der Waals surface area contributed by atoms with Crippen molar-refractivity contribution in [3.05, 3.63) is 106 Å². The summed E-state index contributed by atoms with van der Waals surface area (Å²) in [6.45, 7) is 1.98. The molecule has 0 amide bonds. The minimum atomic E-state index is -0.228. The first kappa shape index (κ1) is 21.0. The van der Waals surface area contributed by atoms with Gasteiger partial charge in [-0.2, -0.15) is 0 Å². The van der Waals surface area contributed by atoms with Crippen molar-refractivity contribution in [2.45, 2.75) is 19.0 Å². The van der Waals surface area contributed by atoms with Crippen molar-refractivity contribution in [2.75, 3.05) is 4.90 Å². The second-order valence-corrected chi connectivity index (χ2v) is 8.87. The molecule has 0 radical (unpaired) electrons. The number of halogens is 2. The van der Waals surface area contributed by atoms with E-state index in [1.54, 1.807) is 6.20 Å². The van der Waals surface area contributed by atoms with Gasteiger partial charge in [-0.25, -0.2) is 0 Å². The van der Waals surface area contributed by atoms with Crippen molar-refractivity contribution in [3.63, 3.8) is 0 Å². The third-order valence-corrected chi connectivity index (χ3v) is 6.55. The van der Waals surface area contributed by atoms with Gasteiger partial charge in [-0.3, -0.25) is 4.98 Å². The smallest absolute Gasteiger partial charge is 0.174 e. The molecule has 0 spiro atoms. The van der Waals surface area contributed by atoms with Crippen molar-refractivity contribution in [1.82, 2.24) is 10.3 Å². The highest BCUT2D eigenvalue weighted by molar-refractivity contribution is 7.80. The van der Waals surface area contributed by atoms with Gasteiger partial charge in [-0.05, 0) is 79.3 Å². The Morgan fingerprint density at radius 3 is 2.53 bits per heavy atom. The van der Waals surface area contributed by atoms with Crippen LogP contribution in [-0.2, 0) is 0 Å². The molecule has 0 saturated carbocycles. The fourth-order valence-corrected chi connectivity index (χ4v) is 4.59. The Hall–Kier alpha value is -2.86. The highest BCUT2D eigenvalue weighted by Crippen LogP contribution is 2.43. The number of aryl methyl sites for hydroxylation is 1. The van der Waals surface area contributed by atoms with Gasteiger partial charge in [0, 0.05) is 27.5 Å². The van der Waals surface area contributed by atoms with Gasteiger partial charge in [0.15, 0.2) is 5.11 Å². The van der Waals surface area contributed by atoms with Crippen LogP contribution in [0.2, 0.25) is 10.0 Å². The van der Waals surface area contributed by atoms with E-state index in [0.717, 1.165) is 34.0 Å². The van der Waals surface area contributed by atoms with E-state index in [0.29, 0.717) is 15.2 Å². The fourth-order valence-electron chi connectivity index (χ4n) is 3.94. The molecular formula is C25H19Cl2N3OS. The predicted octanol–water partition coefficient (Wildman–Crippen LogP) is 7.13. The molecule has 2 aromatic heterocycles. The number of hydrogen-bond acceptors (Lipinski definition) is 3. The molecule has 1 saturated heterocycles. The van der Waals surface area contributed by atoms with E-state index in [1.165, 1.54) is 0 Å². The van der Waals surface area contributed by atoms with E-state index < -0.39 is 0 Å². The number of pyridine rings is 1. The molecule has 5 rings (SSSR count). The molecule has 1 aliphatic rings. The van der Waals surface area contributed by atoms with E-state index in [4.69, 9.17) is 39.8 Å². The normalized spacial score (nSPS) is 18.1. The number of benzene rings is 2. The van der Waals surface area contributed by atoms with E-state index in [1.807, 2.05) is 79.7 Å². The number of furan rings is 1. The van der Waals surface area contributed by atoms with Crippen LogP contribution >= 0.6 is 35.4 Å². The predicted molar refractivity (Wildman–Crippen MR) is 133 cm³/mol. The first-order valence-electron chi connectivity index (χ1n) is 10.1. The molecule has 7 heteroatoms. The van der Waals surface area contributed by atoms with Crippen LogP contribution < -0.4 is 10.2 Å². The Bertz CT molecular complexity index is 1270. The highest BCUT2D eigenvalue weighted by Gasteiger charge is 2.42. The molecule has 0 bridgehead atoms. The lowest BCUT2D eigenvalue weighted by Crippen LogP contribution is -2.29. The lowest BCUT2D eigenvalue weighted by Gasteiger charge is -2.26. The average Bonchev–Trinajstić information content (AvgIpc) is 3.41. The summed E-state index contributed by atoms with van der Waals surface area (Å²) in [4.78, 5) is 6.62. The van der Waals surface area contributed by atoms with Crippen LogP contribution in [0.4, 0.5) is 5.69 Å². The molecule has 4 nitrogen and oxygen atoms in total. The first-order valence-corrected chi connectivity index (χ1v) is 11.3. The molecule has 32 heavy (non-hydrogen) atoms. The van der Waals surface area contributed by atoms with Crippen LogP contribution in [0.3, 0.4) is 0 Å². The summed E-state index contributed by atoms with van der Waals surface area (Å²) in [5.41, 5.74) is 3.75. The maximum absolute atomic E-state index is 6.37. The summed E-state index contributed by atoms with van der Waals surface area (Å²) in [5, 5.41) is 5.40. The standard InChI is InChI=1S/C25H19Cl2N3OS/c1-15-5-6-16(14-19(15)27)21-11-12-22(31-21)24-23(20-4-2-3-13-28-20)29-25(32)30(24)18-9-7-17(26)8-10-18/h2-14,23-24H,1H3,(H,29,32)/t23-,24-/m0/s1. The van der Waals surface area contributed by atoms with Gasteiger partial charge in [-0.15, -0.1) is 0 Å². The highest BCUT2D eigenvalue weighted by atomic mass is 35.5. The third kappa shape index (κ3) is 3.88. The molecule has 0 aliphatic carbocycles. The number of hydrogen-bond donors (Lipinski definition) is 1. The number of anilines is 1. The molecule has 0 unspecified atom stereocenters. The molecule has 1 N–H and O–H groups in total. The van der Waals surface area contributed by atoms with Crippen LogP contribution in [0.15, 0.2) is 83.4 Å². The third-order valence-electron chi connectivity index (χ3n) is 5.58. The summed E-state index contributed by atoms with van der Waals surface area (Å²) in [6.07, 6.45) is 1.78. The van der Waals surface area contributed by atoms with Crippen LogP contribution in [0, 0.1) is 6.92 Å². The zero-order valence-electron chi connectivity index (χ0n) is 17.1.